The zero-order valence-corrected chi connectivity index (χ0v) is 10.9. The molecule has 4 nitrogen and oxygen atoms in total. The van der Waals surface area contributed by atoms with Gasteiger partial charge in [-0.2, -0.15) is 0 Å². The van der Waals surface area contributed by atoms with Crippen LogP contribution >= 0.6 is 0 Å². The third-order valence-corrected chi connectivity index (χ3v) is 2.70. The van der Waals surface area contributed by atoms with Crippen LogP contribution in [0.25, 0.3) is 0 Å². The second-order valence-electron chi connectivity index (χ2n) is 5.55. The Hall–Kier alpha value is -1.16. The number of aromatic nitrogens is 2. The highest BCUT2D eigenvalue weighted by atomic mass is 16.5. The van der Waals surface area contributed by atoms with Crippen LogP contribution < -0.4 is 10.1 Å². The number of rotatable bonds is 3. The SMILES string of the molecule is CC(C)(C)Oc1cnc(CC2CCCN2)nc1. The van der Waals surface area contributed by atoms with Crippen LogP contribution in [0.2, 0.25) is 0 Å². The predicted octanol–water partition coefficient (Wildman–Crippen LogP) is 1.95. The molecule has 17 heavy (non-hydrogen) atoms. The van der Waals surface area contributed by atoms with Crippen molar-refractivity contribution in [3.05, 3.63) is 18.2 Å². The van der Waals surface area contributed by atoms with Crippen LogP contribution in [0.5, 0.6) is 5.75 Å². The summed E-state index contributed by atoms with van der Waals surface area (Å²) in [5.41, 5.74) is -0.197. The molecule has 0 aromatic carbocycles. The summed E-state index contributed by atoms with van der Waals surface area (Å²) < 4.78 is 5.69. The summed E-state index contributed by atoms with van der Waals surface area (Å²) in [7, 11) is 0. The van der Waals surface area contributed by atoms with Gasteiger partial charge in [-0.25, -0.2) is 9.97 Å². The maximum atomic E-state index is 5.69. The highest BCUT2D eigenvalue weighted by Crippen LogP contribution is 2.16. The maximum Gasteiger partial charge on any atom is 0.156 e. The van der Waals surface area contributed by atoms with E-state index in [4.69, 9.17) is 4.74 Å². The van der Waals surface area contributed by atoms with Crippen LogP contribution in [0.3, 0.4) is 0 Å². The van der Waals surface area contributed by atoms with Crippen molar-refractivity contribution in [3.63, 3.8) is 0 Å². The van der Waals surface area contributed by atoms with E-state index < -0.39 is 0 Å². The van der Waals surface area contributed by atoms with E-state index in [1.807, 2.05) is 20.8 Å². The van der Waals surface area contributed by atoms with Crippen LogP contribution in [0.1, 0.15) is 39.4 Å². The van der Waals surface area contributed by atoms with E-state index in [-0.39, 0.29) is 5.60 Å². The van der Waals surface area contributed by atoms with E-state index in [1.165, 1.54) is 12.8 Å². The molecule has 2 rings (SSSR count). The molecule has 0 saturated carbocycles. The Kier molecular flexibility index (Phi) is 3.62. The summed E-state index contributed by atoms with van der Waals surface area (Å²) >= 11 is 0. The Morgan fingerprint density at radius 1 is 1.35 bits per heavy atom. The van der Waals surface area contributed by atoms with E-state index in [1.54, 1.807) is 12.4 Å². The van der Waals surface area contributed by atoms with E-state index in [2.05, 4.69) is 15.3 Å². The molecule has 1 N–H and O–H groups in total. The largest absolute Gasteiger partial charge is 0.485 e. The maximum absolute atomic E-state index is 5.69. The van der Waals surface area contributed by atoms with E-state index in [0.717, 1.165) is 24.5 Å². The number of hydrogen-bond donors (Lipinski definition) is 1. The topological polar surface area (TPSA) is 47.0 Å². The van der Waals surface area contributed by atoms with Crippen LogP contribution in [-0.2, 0) is 6.42 Å². The normalized spacial score (nSPS) is 20.5. The fourth-order valence-electron chi connectivity index (χ4n) is 2.01. The Bertz CT molecular complexity index is 350. The third-order valence-electron chi connectivity index (χ3n) is 2.70. The monoisotopic (exact) mass is 235 g/mol. The van der Waals surface area contributed by atoms with Crippen molar-refractivity contribution >= 4 is 0 Å². The second kappa shape index (κ2) is 5.00. The first-order valence-electron chi connectivity index (χ1n) is 6.26. The van der Waals surface area contributed by atoms with Crippen molar-refractivity contribution in [2.45, 2.75) is 51.7 Å². The lowest BCUT2D eigenvalue weighted by Gasteiger charge is -2.20. The Labute approximate surface area is 103 Å². The van der Waals surface area contributed by atoms with Crippen molar-refractivity contribution < 1.29 is 4.74 Å². The molecule has 0 radical (unpaired) electrons. The standard InChI is InChI=1S/C13H21N3O/c1-13(2,3)17-11-8-15-12(16-9-11)7-10-5-4-6-14-10/h8-10,14H,4-7H2,1-3H3. The lowest BCUT2D eigenvalue weighted by atomic mass is 10.1. The zero-order chi connectivity index (χ0) is 12.3. The lowest BCUT2D eigenvalue weighted by Crippen LogP contribution is -2.25. The first-order chi connectivity index (χ1) is 8.03. The molecule has 0 amide bonds. The quantitative estimate of drug-likeness (QED) is 0.870. The second-order valence-corrected chi connectivity index (χ2v) is 5.55. The van der Waals surface area contributed by atoms with Crippen LogP contribution in [0.15, 0.2) is 12.4 Å². The van der Waals surface area contributed by atoms with Gasteiger partial charge < -0.3 is 10.1 Å². The molecule has 0 bridgehead atoms. The van der Waals surface area contributed by atoms with Crippen molar-refractivity contribution in [3.8, 4) is 5.75 Å². The number of nitrogens with one attached hydrogen (secondary N) is 1. The fraction of sp³-hybridized carbons (Fsp3) is 0.692. The van der Waals surface area contributed by atoms with Gasteiger partial charge >= 0.3 is 0 Å². The summed E-state index contributed by atoms with van der Waals surface area (Å²) in [4.78, 5) is 8.70. The van der Waals surface area contributed by atoms with Gasteiger partial charge in [-0.3, -0.25) is 0 Å². The van der Waals surface area contributed by atoms with Gasteiger partial charge in [0.15, 0.2) is 5.75 Å². The highest BCUT2D eigenvalue weighted by Gasteiger charge is 2.16. The Morgan fingerprint density at radius 2 is 2.06 bits per heavy atom. The Balaban J connectivity index is 1.93. The van der Waals surface area contributed by atoms with Crippen molar-refractivity contribution in [1.29, 1.82) is 0 Å². The highest BCUT2D eigenvalue weighted by molar-refractivity contribution is 5.13. The molecule has 0 spiro atoms. The molecule has 4 heteroatoms. The molecule has 1 aromatic heterocycles. The van der Waals surface area contributed by atoms with Gasteiger partial charge in [0.2, 0.25) is 0 Å². The average molecular weight is 235 g/mol. The first-order valence-corrected chi connectivity index (χ1v) is 6.26. The van der Waals surface area contributed by atoms with Gasteiger partial charge in [0.05, 0.1) is 12.4 Å². The molecule has 1 aliphatic rings. The summed E-state index contributed by atoms with van der Waals surface area (Å²) in [6.45, 7) is 7.17. The van der Waals surface area contributed by atoms with Crippen LogP contribution in [0.4, 0.5) is 0 Å². The van der Waals surface area contributed by atoms with E-state index >= 15 is 0 Å². The molecule has 0 aliphatic carbocycles. The zero-order valence-electron chi connectivity index (χ0n) is 10.9. The average Bonchev–Trinajstić information content (AvgIpc) is 2.71. The van der Waals surface area contributed by atoms with Gasteiger partial charge in [0.25, 0.3) is 0 Å². The van der Waals surface area contributed by atoms with Gasteiger partial charge in [-0.1, -0.05) is 0 Å². The predicted molar refractivity (Wildman–Crippen MR) is 67.1 cm³/mol. The number of nitrogens with zero attached hydrogens (tertiary/aromatic N) is 2. The fourth-order valence-corrected chi connectivity index (χ4v) is 2.01. The van der Waals surface area contributed by atoms with Crippen LogP contribution in [0, 0.1) is 0 Å². The molecular weight excluding hydrogens is 214 g/mol. The minimum absolute atomic E-state index is 0.197. The van der Waals surface area contributed by atoms with E-state index in [0.29, 0.717) is 6.04 Å². The number of ether oxygens (including phenoxy) is 1. The molecule has 1 fully saturated rings. The van der Waals surface area contributed by atoms with Crippen molar-refractivity contribution in [2.75, 3.05) is 6.54 Å². The van der Waals surface area contributed by atoms with Crippen LogP contribution in [-0.4, -0.2) is 28.2 Å². The third kappa shape index (κ3) is 3.97. The smallest absolute Gasteiger partial charge is 0.156 e. The molecule has 2 heterocycles. The summed E-state index contributed by atoms with van der Waals surface area (Å²) in [6, 6.07) is 0.546. The molecule has 94 valence electrons. The lowest BCUT2D eigenvalue weighted by molar-refractivity contribution is 0.129. The van der Waals surface area contributed by atoms with E-state index in [9.17, 15) is 0 Å². The molecule has 1 saturated heterocycles. The number of hydrogen-bond acceptors (Lipinski definition) is 4. The molecule has 1 unspecified atom stereocenters. The molecular formula is C13H21N3O. The van der Waals surface area contributed by atoms with Gasteiger partial charge in [0, 0.05) is 12.5 Å². The Morgan fingerprint density at radius 3 is 2.59 bits per heavy atom. The van der Waals surface area contributed by atoms with Gasteiger partial charge in [-0.05, 0) is 40.2 Å². The van der Waals surface area contributed by atoms with Crippen molar-refractivity contribution in [1.82, 2.24) is 15.3 Å². The van der Waals surface area contributed by atoms with Crippen molar-refractivity contribution in [2.24, 2.45) is 0 Å². The van der Waals surface area contributed by atoms with Gasteiger partial charge in [0.1, 0.15) is 11.4 Å². The summed E-state index contributed by atoms with van der Waals surface area (Å²) in [6.07, 6.45) is 6.93. The molecule has 1 aromatic rings. The van der Waals surface area contributed by atoms with Gasteiger partial charge in [-0.15, -0.1) is 0 Å². The first kappa shape index (κ1) is 12.3. The summed E-state index contributed by atoms with van der Waals surface area (Å²) in [5.74, 6) is 1.63. The molecule has 1 aliphatic heterocycles. The summed E-state index contributed by atoms with van der Waals surface area (Å²) in [5, 5.41) is 3.45. The minimum Gasteiger partial charge on any atom is -0.485 e. The molecule has 1 atom stereocenters. The minimum atomic E-state index is -0.197.